The average molecular weight is 331 g/mol. The summed E-state index contributed by atoms with van der Waals surface area (Å²) in [5.41, 5.74) is 4.31. The van der Waals surface area contributed by atoms with Crippen LogP contribution in [-0.4, -0.2) is 24.7 Å². The van der Waals surface area contributed by atoms with Gasteiger partial charge in [-0.3, -0.25) is 9.97 Å². The Balaban J connectivity index is 1.78. The van der Waals surface area contributed by atoms with Crippen molar-refractivity contribution in [3.63, 3.8) is 0 Å². The fraction of sp³-hybridized carbons (Fsp3) is 0.0526. The van der Waals surface area contributed by atoms with Crippen molar-refractivity contribution in [1.29, 1.82) is 0 Å². The summed E-state index contributed by atoms with van der Waals surface area (Å²) in [6.45, 7) is 5.88. The van der Waals surface area contributed by atoms with Gasteiger partial charge in [0.15, 0.2) is 5.82 Å². The van der Waals surface area contributed by atoms with E-state index in [1.807, 2.05) is 19.1 Å². The molecule has 0 spiro atoms. The maximum Gasteiger partial charge on any atom is 0.214 e. The first-order chi connectivity index (χ1) is 12.1. The highest BCUT2D eigenvalue weighted by Gasteiger charge is 2.08. The maximum absolute atomic E-state index is 13.3. The third kappa shape index (κ3) is 2.89. The first kappa shape index (κ1) is 15.1. The lowest BCUT2D eigenvalue weighted by Crippen LogP contribution is -1.98. The van der Waals surface area contributed by atoms with E-state index >= 15 is 0 Å². The molecule has 4 rings (SSSR count). The fourth-order valence-corrected chi connectivity index (χ4v) is 2.53. The van der Waals surface area contributed by atoms with Gasteiger partial charge in [0, 0.05) is 35.7 Å². The van der Waals surface area contributed by atoms with Crippen LogP contribution >= 0.6 is 0 Å². The molecule has 0 atom stereocenters. The van der Waals surface area contributed by atoms with E-state index in [4.69, 9.17) is 0 Å². The van der Waals surface area contributed by atoms with Crippen molar-refractivity contribution in [3.8, 4) is 17.1 Å². The Bertz CT molecular complexity index is 1100. The standard InChI is InChI=1S/C19H14FN5/c1-12(2)13-6-14(9-21-8-13)16-7-17-15(10-22-16)11-25(24-17)19-5-3-4-18(20)23-19/h3-11H,1H2,2H3. The van der Waals surface area contributed by atoms with Crippen LogP contribution < -0.4 is 0 Å². The van der Waals surface area contributed by atoms with E-state index in [0.717, 1.165) is 33.3 Å². The molecular weight excluding hydrogens is 317 g/mol. The quantitative estimate of drug-likeness (QED) is 0.531. The molecular formula is C19H14FN5. The van der Waals surface area contributed by atoms with Crippen molar-refractivity contribution >= 4 is 16.5 Å². The first-order valence-electron chi connectivity index (χ1n) is 7.70. The van der Waals surface area contributed by atoms with Crippen LogP contribution in [0.25, 0.3) is 33.6 Å². The van der Waals surface area contributed by atoms with Gasteiger partial charge in [0.2, 0.25) is 5.95 Å². The molecule has 0 aromatic carbocycles. The number of aromatic nitrogens is 5. The summed E-state index contributed by atoms with van der Waals surface area (Å²) in [6.07, 6.45) is 7.04. The van der Waals surface area contributed by atoms with E-state index in [1.165, 1.54) is 6.07 Å². The monoisotopic (exact) mass is 331 g/mol. The number of rotatable bonds is 3. The van der Waals surface area contributed by atoms with E-state index in [0.29, 0.717) is 5.82 Å². The lowest BCUT2D eigenvalue weighted by Gasteiger charge is -2.03. The number of nitrogens with zero attached hydrogens (tertiary/aromatic N) is 5. The molecule has 0 aliphatic carbocycles. The molecule has 0 radical (unpaired) electrons. The van der Waals surface area contributed by atoms with Gasteiger partial charge in [0.1, 0.15) is 0 Å². The SMILES string of the molecule is C=C(C)c1cncc(-c2cc3nn(-c4cccc(F)n4)cc3cn2)c1. The molecule has 4 aromatic heterocycles. The van der Waals surface area contributed by atoms with Gasteiger partial charge in [-0.15, -0.1) is 0 Å². The molecule has 0 aliphatic heterocycles. The lowest BCUT2D eigenvalue weighted by atomic mass is 10.1. The van der Waals surface area contributed by atoms with Crippen LogP contribution in [0.15, 0.2) is 61.7 Å². The van der Waals surface area contributed by atoms with Gasteiger partial charge in [-0.1, -0.05) is 12.6 Å². The summed E-state index contributed by atoms with van der Waals surface area (Å²) in [5.74, 6) is -0.123. The number of allylic oxidation sites excluding steroid dienone is 1. The minimum absolute atomic E-state index is 0.420. The van der Waals surface area contributed by atoms with Gasteiger partial charge in [-0.2, -0.15) is 9.49 Å². The van der Waals surface area contributed by atoms with Crippen molar-refractivity contribution in [1.82, 2.24) is 24.7 Å². The zero-order valence-electron chi connectivity index (χ0n) is 13.5. The zero-order chi connectivity index (χ0) is 17.4. The topological polar surface area (TPSA) is 56.5 Å². The molecule has 0 N–H and O–H groups in total. The van der Waals surface area contributed by atoms with Crippen LogP contribution in [0.1, 0.15) is 12.5 Å². The lowest BCUT2D eigenvalue weighted by molar-refractivity contribution is 0.578. The molecule has 0 fully saturated rings. The fourth-order valence-electron chi connectivity index (χ4n) is 2.53. The van der Waals surface area contributed by atoms with Crippen molar-refractivity contribution in [2.75, 3.05) is 0 Å². The summed E-state index contributed by atoms with van der Waals surface area (Å²) in [5, 5.41) is 5.32. The van der Waals surface area contributed by atoms with Gasteiger partial charge < -0.3 is 0 Å². The van der Waals surface area contributed by atoms with Crippen molar-refractivity contribution < 1.29 is 4.39 Å². The van der Waals surface area contributed by atoms with Crippen LogP contribution in [0.2, 0.25) is 0 Å². The predicted molar refractivity (Wildman–Crippen MR) is 94.6 cm³/mol. The third-order valence-electron chi connectivity index (χ3n) is 3.85. The molecule has 122 valence electrons. The second-order valence-electron chi connectivity index (χ2n) is 5.76. The highest BCUT2D eigenvalue weighted by atomic mass is 19.1. The third-order valence-corrected chi connectivity index (χ3v) is 3.85. The molecule has 25 heavy (non-hydrogen) atoms. The summed E-state index contributed by atoms with van der Waals surface area (Å²) < 4.78 is 14.9. The molecule has 0 saturated carbocycles. The molecule has 0 bridgehead atoms. The van der Waals surface area contributed by atoms with Gasteiger partial charge in [-0.05, 0) is 42.3 Å². The van der Waals surface area contributed by atoms with Crippen molar-refractivity contribution in [2.45, 2.75) is 6.92 Å². The summed E-state index contributed by atoms with van der Waals surface area (Å²) in [6, 6.07) is 8.47. The van der Waals surface area contributed by atoms with Crippen LogP contribution in [0.5, 0.6) is 0 Å². The molecule has 0 aliphatic rings. The summed E-state index contributed by atoms with van der Waals surface area (Å²) in [4.78, 5) is 12.6. The molecule has 0 saturated heterocycles. The Morgan fingerprint density at radius 1 is 1.16 bits per heavy atom. The Labute approximate surface area is 143 Å². The second-order valence-corrected chi connectivity index (χ2v) is 5.76. The number of fused-ring (bicyclic) bond motifs is 1. The normalized spacial score (nSPS) is 11.0. The van der Waals surface area contributed by atoms with E-state index in [1.54, 1.807) is 41.6 Å². The molecule has 0 amide bonds. The van der Waals surface area contributed by atoms with Gasteiger partial charge in [0.05, 0.1) is 11.2 Å². The number of halogens is 1. The minimum Gasteiger partial charge on any atom is -0.263 e. The largest absolute Gasteiger partial charge is 0.263 e. The molecule has 4 heterocycles. The Hall–Kier alpha value is -3.41. The second kappa shape index (κ2) is 5.90. The zero-order valence-corrected chi connectivity index (χ0v) is 13.5. The summed E-state index contributed by atoms with van der Waals surface area (Å²) in [7, 11) is 0. The van der Waals surface area contributed by atoms with E-state index in [2.05, 4.69) is 26.6 Å². The number of hydrogen-bond donors (Lipinski definition) is 0. The average Bonchev–Trinajstić information content (AvgIpc) is 3.05. The van der Waals surface area contributed by atoms with Gasteiger partial charge in [-0.25, -0.2) is 9.67 Å². The van der Waals surface area contributed by atoms with Gasteiger partial charge in [0.25, 0.3) is 0 Å². The van der Waals surface area contributed by atoms with Gasteiger partial charge >= 0.3 is 0 Å². The van der Waals surface area contributed by atoms with Crippen LogP contribution in [0.4, 0.5) is 4.39 Å². The van der Waals surface area contributed by atoms with E-state index in [-0.39, 0.29) is 0 Å². The number of hydrogen-bond acceptors (Lipinski definition) is 4. The Morgan fingerprint density at radius 3 is 2.84 bits per heavy atom. The predicted octanol–water partition coefficient (Wildman–Crippen LogP) is 4.05. The number of pyridine rings is 3. The molecule has 0 unspecified atom stereocenters. The van der Waals surface area contributed by atoms with E-state index in [9.17, 15) is 4.39 Å². The van der Waals surface area contributed by atoms with Crippen LogP contribution in [-0.2, 0) is 0 Å². The molecule has 6 heteroatoms. The summed E-state index contributed by atoms with van der Waals surface area (Å²) >= 11 is 0. The van der Waals surface area contributed by atoms with Crippen molar-refractivity contribution in [2.24, 2.45) is 0 Å². The Morgan fingerprint density at radius 2 is 2.04 bits per heavy atom. The van der Waals surface area contributed by atoms with Crippen LogP contribution in [0.3, 0.4) is 0 Å². The smallest absolute Gasteiger partial charge is 0.214 e. The van der Waals surface area contributed by atoms with Crippen molar-refractivity contribution in [3.05, 3.63) is 73.2 Å². The Kier molecular flexibility index (Phi) is 3.57. The highest BCUT2D eigenvalue weighted by molar-refractivity contribution is 5.82. The first-order valence-corrected chi connectivity index (χ1v) is 7.70. The van der Waals surface area contributed by atoms with E-state index < -0.39 is 5.95 Å². The molecule has 5 nitrogen and oxygen atoms in total. The van der Waals surface area contributed by atoms with Crippen LogP contribution in [0, 0.1) is 5.95 Å². The maximum atomic E-state index is 13.3. The minimum atomic E-state index is -0.543. The molecule has 4 aromatic rings. The highest BCUT2D eigenvalue weighted by Crippen LogP contribution is 2.23.